The SMILES string of the molecule is CCOC(=O)C1=C(CN2[C@H]3CC[C@H]2CC(O)(c2ccc(F)cc2)C3)NC(=O)N[C@@H]1c1ccc(Cl)cc1. The van der Waals surface area contributed by atoms with Gasteiger partial charge in [0, 0.05) is 29.3 Å². The fourth-order valence-corrected chi connectivity index (χ4v) is 5.98. The van der Waals surface area contributed by atoms with Crippen molar-refractivity contribution >= 4 is 23.6 Å². The zero-order valence-electron chi connectivity index (χ0n) is 20.0. The number of piperidine rings is 1. The smallest absolute Gasteiger partial charge is 0.338 e. The molecule has 2 amide bonds. The van der Waals surface area contributed by atoms with Gasteiger partial charge in [0.1, 0.15) is 5.82 Å². The Labute approximate surface area is 214 Å². The number of carbonyl (C=O) groups excluding carboxylic acids is 2. The minimum atomic E-state index is -1.04. The van der Waals surface area contributed by atoms with E-state index in [4.69, 9.17) is 16.3 Å². The van der Waals surface area contributed by atoms with E-state index in [1.54, 1.807) is 43.3 Å². The molecule has 3 aliphatic rings. The maximum Gasteiger partial charge on any atom is 0.338 e. The number of ether oxygens (including phenoxy) is 1. The summed E-state index contributed by atoms with van der Waals surface area (Å²) >= 11 is 6.05. The van der Waals surface area contributed by atoms with Crippen molar-refractivity contribution in [1.82, 2.24) is 15.5 Å². The molecule has 2 saturated heterocycles. The monoisotopic (exact) mass is 513 g/mol. The number of amides is 2. The maximum absolute atomic E-state index is 13.5. The van der Waals surface area contributed by atoms with Crippen LogP contribution in [0, 0.1) is 5.82 Å². The highest BCUT2D eigenvalue weighted by molar-refractivity contribution is 6.30. The van der Waals surface area contributed by atoms with Gasteiger partial charge in [-0.05, 0) is 68.0 Å². The minimum absolute atomic E-state index is 0.0514. The third-order valence-electron chi connectivity index (χ3n) is 7.49. The van der Waals surface area contributed by atoms with Crippen molar-refractivity contribution in [2.45, 2.75) is 56.3 Å². The molecule has 3 heterocycles. The van der Waals surface area contributed by atoms with E-state index >= 15 is 0 Å². The molecule has 2 fully saturated rings. The topological polar surface area (TPSA) is 90.9 Å². The Bertz CT molecular complexity index is 1170. The normalized spacial score (nSPS) is 28.0. The first kappa shape index (κ1) is 24.7. The van der Waals surface area contributed by atoms with Crippen LogP contribution in [0.4, 0.5) is 9.18 Å². The third kappa shape index (κ3) is 4.73. The summed E-state index contributed by atoms with van der Waals surface area (Å²) in [6.07, 6.45) is 2.76. The van der Waals surface area contributed by atoms with Gasteiger partial charge in [0.2, 0.25) is 0 Å². The lowest BCUT2D eigenvalue weighted by atomic mass is 9.80. The van der Waals surface area contributed by atoms with Gasteiger partial charge >= 0.3 is 12.0 Å². The van der Waals surface area contributed by atoms with Crippen LogP contribution in [0.5, 0.6) is 0 Å². The van der Waals surface area contributed by atoms with Crippen LogP contribution in [-0.4, -0.2) is 47.2 Å². The summed E-state index contributed by atoms with van der Waals surface area (Å²) in [5.74, 6) is -0.829. The summed E-state index contributed by atoms with van der Waals surface area (Å²) < 4.78 is 18.8. The number of aliphatic hydroxyl groups is 1. The first-order chi connectivity index (χ1) is 17.3. The molecule has 5 rings (SSSR count). The number of hydrogen-bond donors (Lipinski definition) is 3. The van der Waals surface area contributed by atoms with Gasteiger partial charge in [0.25, 0.3) is 0 Å². The molecule has 0 radical (unpaired) electrons. The Morgan fingerprint density at radius 1 is 1.14 bits per heavy atom. The summed E-state index contributed by atoms with van der Waals surface area (Å²) in [5, 5.41) is 17.7. The van der Waals surface area contributed by atoms with E-state index in [9.17, 15) is 19.1 Å². The molecule has 9 heteroatoms. The van der Waals surface area contributed by atoms with Crippen LogP contribution in [0.3, 0.4) is 0 Å². The molecule has 0 unspecified atom stereocenters. The quantitative estimate of drug-likeness (QED) is 0.504. The van der Waals surface area contributed by atoms with Crippen LogP contribution in [-0.2, 0) is 15.1 Å². The first-order valence-corrected chi connectivity index (χ1v) is 12.6. The lowest BCUT2D eigenvalue weighted by molar-refractivity contribution is -0.139. The van der Waals surface area contributed by atoms with E-state index in [2.05, 4.69) is 15.5 Å². The fourth-order valence-electron chi connectivity index (χ4n) is 5.85. The molecule has 3 aliphatic heterocycles. The molecule has 0 spiro atoms. The predicted octanol–water partition coefficient (Wildman–Crippen LogP) is 4.16. The summed E-state index contributed by atoms with van der Waals surface area (Å²) in [5.41, 5.74) is 1.25. The van der Waals surface area contributed by atoms with Crippen molar-refractivity contribution in [2.75, 3.05) is 13.2 Å². The van der Waals surface area contributed by atoms with Gasteiger partial charge in [-0.25, -0.2) is 14.0 Å². The standard InChI is InChI=1S/C27H29ClFN3O4/c1-2-36-25(33)23-22(30-26(34)31-24(23)16-3-7-18(28)8-4-16)15-32-20-11-12-21(32)14-27(35,13-20)17-5-9-19(29)10-6-17/h3-10,20-21,24,35H,2,11-15H2,1H3,(H2,30,31,34)/t20-,21-,24+/m0/s1. The van der Waals surface area contributed by atoms with E-state index in [1.165, 1.54) is 12.1 Å². The van der Waals surface area contributed by atoms with Gasteiger partial charge < -0.3 is 20.5 Å². The van der Waals surface area contributed by atoms with Crippen molar-refractivity contribution in [1.29, 1.82) is 0 Å². The Kier molecular flexibility index (Phi) is 6.76. The lowest BCUT2D eigenvalue weighted by Gasteiger charge is -2.45. The number of urea groups is 1. The number of rotatable bonds is 6. The molecule has 2 aromatic rings. The number of nitrogens with one attached hydrogen (secondary N) is 2. The van der Waals surface area contributed by atoms with Crippen LogP contribution in [0.25, 0.3) is 0 Å². The van der Waals surface area contributed by atoms with Gasteiger partial charge in [0.05, 0.1) is 23.8 Å². The number of carbonyl (C=O) groups is 2. The fraction of sp³-hybridized carbons (Fsp3) is 0.407. The van der Waals surface area contributed by atoms with E-state index in [0.29, 0.717) is 41.2 Å². The number of nitrogens with zero attached hydrogens (tertiary/aromatic N) is 1. The second-order valence-electron chi connectivity index (χ2n) is 9.70. The van der Waals surface area contributed by atoms with Gasteiger partial charge in [-0.1, -0.05) is 35.9 Å². The summed E-state index contributed by atoms with van der Waals surface area (Å²) in [6.45, 7) is 2.29. The van der Waals surface area contributed by atoms with Crippen molar-refractivity contribution < 1.29 is 23.8 Å². The maximum atomic E-state index is 13.5. The third-order valence-corrected chi connectivity index (χ3v) is 7.74. The number of hydrogen-bond acceptors (Lipinski definition) is 5. The number of halogens is 2. The summed E-state index contributed by atoms with van der Waals surface area (Å²) in [4.78, 5) is 28.0. The molecule has 2 aromatic carbocycles. The van der Waals surface area contributed by atoms with Gasteiger partial charge in [-0.15, -0.1) is 0 Å². The Balaban J connectivity index is 1.45. The molecular formula is C27H29ClFN3O4. The molecule has 3 N–H and O–H groups in total. The highest BCUT2D eigenvalue weighted by atomic mass is 35.5. The zero-order chi connectivity index (χ0) is 25.4. The van der Waals surface area contributed by atoms with Crippen molar-refractivity contribution in [3.63, 3.8) is 0 Å². The Morgan fingerprint density at radius 3 is 2.39 bits per heavy atom. The Hall–Kier alpha value is -2.94. The second kappa shape index (κ2) is 9.84. The molecule has 3 atom stereocenters. The summed E-state index contributed by atoms with van der Waals surface area (Å²) in [7, 11) is 0. The molecule has 7 nitrogen and oxygen atoms in total. The second-order valence-corrected chi connectivity index (χ2v) is 10.1. The largest absolute Gasteiger partial charge is 0.463 e. The number of benzene rings is 2. The van der Waals surface area contributed by atoms with E-state index in [0.717, 1.165) is 18.4 Å². The van der Waals surface area contributed by atoms with Crippen LogP contribution < -0.4 is 10.6 Å². The van der Waals surface area contributed by atoms with Crippen LogP contribution in [0.1, 0.15) is 49.8 Å². The van der Waals surface area contributed by atoms with Crippen molar-refractivity contribution in [2.24, 2.45) is 0 Å². The van der Waals surface area contributed by atoms with Gasteiger partial charge in [0.15, 0.2) is 0 Å². The molecule has 36 heavy (non-hydrogen) atoms. The van der Waals surface area contributed by atoms with Gasteiger partial charge in [-0.2, -0.15) is 0 Å². The van der Waals surface area contributed by atoms with E-state index < -0.39 is 23.6 Å². The average molecular weight is 514 g/mol. The lowest BCUT2D eigenvalue weighted by Crippen LogP contribution is -2.53. The average Bonchev–Trinajstić information content (AvgIpc) is 3.08. The molecular weight excluding hydrogens is 485 g/mol. The number of esters is 1. The molecule has 0 aromatic heterocycles. The first-order valence-electron chi connectivity index (χ1n) is 12.2. The summed E-state index contributed by atoms with van der Waals surface area (Å²) in [6, 6.07) is 12.1. The Morgan fingerprint density at radius 2 is 1.78 bits per heavy atom. The zero-order valence-corrected chi connectivity index (χ0v) is 20.7. The number of fused-ring (bicyclic) bond motifs is 2. The van der Waals surface area contributed by atoms with Gasteiger partial charge in [-0.3, -0.25) is 4.90 Å². The van der Waals surface area contributed by atoms with Crippen LogP contribution in [0.2, 0.25) is 5.02 Å². The highest BCUT2D eigenvalue weighted by Gasteiger charge is 2.49. The van der Waals surface area contributed by atoms with E-state index in [1.807, 2.05) is 0 Å². The van der Waals surface area contributed by atoms with Crippen molar-refractivity contribution in [3.8, 4) is 0 Å². The predicted molar refractivity (Wildman–Crippen MR) is 133 cm³/mol. The van der Waals surface area contributed by atoms with Crippen molar-refractivity contribution in [3.05, 3.63) is 81.8 Å². The molecule has 2 bridgehead atoms. The highest BCUT2D eigenvalue weighted by Crippen LogP contribution is 2.46. The minimum Gasteiger partial charge on any atom is -0.463 e. The van der Waals surface area contributed by atoms with E-state index in [-0.39, 0.29) is 24.5 Å². The van der Waals surface area contributed by atoms with Crippen LogP contribution >= 0.6 is 11.6 Å². The molecule has 0 aliphatic carbocycles. The molecule has 190 valence electrons. The van der Waals surface area contributed by atoms with Crippen LogP contribution in [0.15, 0.2) is 59.8 Å². The molecule has 0 saturated carbocycles.